The van der Waals surface area contributed by atoms with Crippen molar-refractivity contribution in [1.82, 2.24) is 10.6 Å². The first-order chi connectivity index (χ1) is 13.2. The highest BCUT2D eigenvalue weighted by molar-refractivity contribution is 6.51. The number of carbonyl (C=O) groups is 2. The second-order valence-corrected chi connectivity index (χ2v) is 7.49. The van der Waals surface area contributed by atoms with Crippen molar-refractivity contribution in [3.8, 4) is 0 Å². The summed E-state index contributed by atoms with van der Waals surface area (Å²) in [6.07, 6.45) is 1.56. The summed E-state index contributed by atoms with van der Waals surface area (Å²) in [5.74, 6) is -1.04. The van der Waals surface area contributed by atoms with Crippen molar-refractivity contribution in [2.24, 2.45) is 11.8 Å². The lowest BCUT2D eigenvalue weighted by Gasteiger charge is -2.23. The first-order valence-electron chi connectivity index (χ1n) is 9.37. The molecule has 1 atom stereocenters. The summed E-state index contributed by atoms with van der Waals surface area (Å²) in [5, 5.41) is 26.2. The van der Waals surface area contributed by atoms with Crippen LogP contribution < -0.4 is 10.6 Å². The highest BCUT2D eigenvalue weighted by Crippen LogP contribution is 2.16. The summed E-state index contributed by atoms with van der Waals surface area (Å²) in [6, 6.07) is 12.2. The monoisotopic (exact) mass is 382 g/mol. The minimum Gasteiger partial charge on any atom is -0.422 e. The van der Waals surface area contributed by atoms with E-state index in [1.54, 1.807) is 18.2 Å². The zero-order valence-corrected chi connectivity index (χ0v) is 16.6. The van der Waals surface area contributed by atoms with Gasteiger partial charge in [-0.3, -0.25) is 9.59 Å². The molecule has 148 valence electrons. The van der Waals surface area contributed by atoms with Crippen molar-refractivity contribution in [3.63, 3.8) is 0 Å². The molecule has 0 fully saturated rings. The Morgan fingerprint density at radius 3 is 2.21 bits per heavy atom. The second kappa shape index (κ2) is 9.53. The van der Waals surface area contributed by atoms with Gasteiger partial charge in [-0.15, -0.1) is 0 Å². The predicted molar refractivity (Wildman–Crippen MR) is 111 cm³/mol. The Kier molecular flexibility index (Phi) is 7.37. The third-order valence-corrected chi connectivity index (χ3v) is 4.31. The molecule has 4 N–H and O–H groups in total. The van der Waals surface area contributed by atoms with Gasteiger partial charge in [-0.2, -0.15) is 0 Å². The van der Waals surface area contributed by atoms with Crippen LogP contribution >= 0.6 is 0 Å². The van der Waals surface area contributed by atoms with E-state index in [-0.39, 0.29) is 23.3 Å². The number of benzene rings is 2. The largest absolute Gasteiger partial charge is 0.505 e. The molecule has 0 aliphatic carbocycles. The van der Waals surface area contributed by atoms with E-state index in [2.05, 4.69) is 10.6 Å². The highest BCUT2D eigenvalue weighted by atomic mass is 16.4. The smallest absolute Gasteiger partial charge is 0.422 e. The van der Waals surface area contributed by atoms with Crippen LogP contribution in [0.2, 0.25) is 0 Å². The van der Waals surface area contributed by atoms with E-state index < -0.39 is 19.1 Å². The number of nitrogens with one attached hydrogen (secondary N) is 2. The average molecular weight is 382 g/mol. The Labute approximate surface area is 165 Å². The molecule has 7 heteroatoms. The molecular formula is C21H27BN2O4. The molecule has 0 unspecified atom stereocenters. The lowest BCUT2D eigenvalue weighted by molar-refractivity contribution is -0.123. The van der Waals surface area contributed by atoms with Gasteiger partial charge in [0.25, 0.3) is 5.91 Å². The van der Waals surface area contributed by atoms with Crippen LogP contribution in [-0.4, -0.2) is 35.0 Å². The van der Waals surface area contributed by atoms with E-state index in [1.165, 1.54) is 0 Å². The maximum absolute atomic E-state index is 12.7. The van der Waals surface area contributed by atoms with E-state index >= 15 is 0 Å². The number of carbonyl (C=O) groups excluding carboxylic acids is 2. The molecule has 28 heavy (non-hydrogen) atoms. The van der Waals surface area contributed by atoms with Gasteiger partial charge < -0.3 is 20.7 Å². The van der Waals surface area contributed by atoms with Crippen LogP contribution in [-0.2, 0) is 4.79 Å². The van der Waals surface area contributed by atoms with Gasteiger partial charge in [0.15, 0.2) is 0 Å². The van der Waals surface area contributed by atoms with E-state index in [9.17, 15) is 19.6 Å². The maximum atomic E-state index is 12.7. The molecule has 0 saturated carbocycles. The molecule has 0 saturated heterocycles. The molecule has 0 spiro atoms. The fourth-order valence-electron chi connectivity index (χ4n) is 2.86. The fourth-order valence-corrected chi connectivity index (χ4v) is 2.86. The number of hydrogen-bond donors (Lipinski definition) is 4. The summed E-state index contributed by atoms with van der Waals surface area (Å²) in [7, 11) is -1.80. The van der Waals surface area contributed by atoms with Crippen molar-refractivity contribution in [2.75, 3.05) is 0 Å². The maximum Gasteiger partial charge on any atom is 0.505 e. The van der Waals surface area contributed by atoms with Crippen LogP contribution in [0.5, 0.6) is 0 Å². The molecule has 0 radical (unpaired) electrons. The van der Waals surface area contributed by atoms with E-state index in [0.717, 1.165) is 10.8 Å². The number of rotatable bonds is 7. The quantitative estimate of drug-likeness (QED) is 0.552. The molecule has 2 aromatic rings. The third-order valence-electron chi connectivity index (χ3n) is 4.31. The molecule has 0 aliphatic rings. The van der Waals surface area contributed by atoms with Crippen molar-refractivity contribution in [3.05, 3.63) is 59.7 Å². The minimum atomic E-state index is -1.80. The molecule has 6 nitrogen and oxygen atoms in total. The molecule has 0 aromatic heterocycles. The van der Waals surface area contributed by atoms with Crippen LogP contribution in [0.1, 0.15) is 38.1 Å². The van der Waals surface area contributed by atoms with Gasteiger partial charge in [0, 0.05) is 11.2 Å². The van der Waals surface area contributed by atoms with Crippen molar-refractivity contribution in [2.45, 2.75) is 33.7 Å². The third kappa shape index (κ3) is 5.68. The van der Waals surface area contributed by atoms with Crippen molar-refractivity contribution < 1.29 is 19.6 Å². The number of allylic oxidation sites excluding steroid dienone is 1. The van der Waals surface area contributed by atoms with Gasteiger partial charge in [-0.1, -0.05) is 64.1 Å². The van der Waals surface area contributed by atoms with Crippen LogP contribution in [0.15, 0.2) is 54.1 Å². The zero-order chi connectivity index (χ0) is 20.8. The molecule has 0 aliphatic heterocycles. The summed E-state index contributed by atoms with van der Waals surface area (Å²) in [5.41, 5.74) is 0.461. The number of hydrogen-bond acceptors (Lipinski definition) is 4. The summed E-state index contributed by atoms with van der Waals surface area (Å²) in [6.45, 7) is 7.34. The molecule has 2 rings (SSSR count). The molecule has 2 amide bonds. The first-order valence-corrected chi connectivity index (χ1v) is 9.37. The molecular weight excluding hydrogens is 355 g/mol. The van der Waals surface area contributed by atoms with Crippen molar-refractivity contribution in [1.29, 1.82) is 0 Å². The van der Waals surface area contributed by atoms with Crippen LogP contribution in [0.3, 0.4) is 0 Å². The Balaban J connectivity index is 2.18. The average Bonchev–Trinajstić information content (AvgIpc) is 2.64. The standard InChI is InChI=1S/C21H27BN2O4/c1-13(2)11-18(22(27)28)23-21(26)19(14(3)4)24-20(25)17-10-9-15-7-5-6-8-16(15)12-17/h5-14,19,27-28H,1-4H3,(H,23,26)(H,24,25)/b18-11+/t19-/m0/s1. The van der Waals surface area contributed by atoms with Gasteiger partial charge in [-0.05, 0) is 34.7 Å². The lowest BCUT2D eigenvalue weighted by Crippen LogP contribution is -2.50. The zero-order valence-electron chi connectivity index (χ0n) is 16.6. The van der Waals surface area contributed by atoms with Gasteiger partial charge in [-0.25, -0.2) is 0 Å². The highest BCUT2D eigenvalue weighted by Gasteiger charge is 2.27. The normalized spacial score (nSPS) is 12.9. The molecule has 0 bridgehead atoms. The van der Waals surface area contributed by atoms with Crippen LogP contribution in [0.4, 0.5) is 0 Å². The van der Waals surface area contributed by atoms with E-state index in [1.807, 2.05) is 58.0 Å². The Morgan fingerprint density at radius 2 is 1.64 bits per heavy atom. The SMILES string of the molecule is CC(C)/C=C(/NC(=O)[C@@H](NC(=O)c1ccc2ccccc2c1)C(C)C)B(O)O. The Hall–Kier alpha value is -2.64. The second-order valence-electron chi connectivity index (χ2n) is 7.49. The van der Waals surface area contributed by atoms with Gasteiger partial charge in [0.1, 0.15) is 6.04 Å². The summed E-state index contributed by atoms with van der Waals surface area (Å²) < 4.78 is 0. The number of amides is 2. The van der Waals surface area contributed by atoms with E-state index in [0.29, 0.717) is 5.56 Å². The molecule has 2 aromatic carbocycles. The Morgan fingerprint density at radius 1 is 1.00 bits per heavy atom. The summed E-state index contributed by atoms with van der Waals surface area (Å²) in [4.78, 5) is 25.4. The van der Waals surface area contributed by atoms with Gasteiger partial charge in [0.05, 0.1) is 0 Å². The van der Waals surface area contributed by atoms with Gasteiger partial charge in [0.2, 0.25) is 5.91 Å². The summed E-state index contributed by atoms with van der Waals surface area (Å²) >= 11 is 0. The van der Waals surface area contributed by atoms with Crippen LogP contribution in [0, 0.1) is 11.8 Å². The van der Waals surface area contributed by atoms with Crippen LogP contribution in [0.25, 0.3) is 10.8 Å². The topological polar surface area (TPSA) is 98.7 Å². The fraction of sp³-hybridized carbons (Fsp3) is 0.333. The predicted octanol–water partition coefficient (Wildman–Crippen LogP) is 2.26. The lowest BCUT2D eigenvalue weighted by atomic mass is 9.83. The van der Waals surface area contributed by atoms with Crippen molar-refractivity contribution >= 4 is 29.7 Å². The first kappa shape index (κ1) is 21.7. The van der Waals surface area contributed by atoms with E-state index in [4.69, 9.17) is 0 Å². The Bertz CT molecular complexity index is 878. The number of fused-ring (bicyclic) bond motifs is 1. The van der Waals surface area contributed by atoms with Gasteiger partial charge >= 0.3 is 7.12 Å². The molecule has 0 heterocycles. The minimum absolute atomic E-state index is 0.00519.